The minimum atomic E-state index is -0.696. The standard InChI is InChI=1S/C23H25B2F2N5O3/c1-28-22(34)15-4-5-16(20(27)29-15)31-7-9-32(10-8-31)23(24,25)14-3-2-12-18(17(14)26)30-21(33)13-6-11-35-19(12)13/h2-5H,6-11,24-25H2,1H3,(H,28,34)(H,30,33). The summed E-state index contributed by atoms with van der Waals surface area (Å²) in [6.45, 7) is 2.56. The van der Waals surface area contributed by atoms with Crippen LogP contribution in [0.5, 0.6) is 5.75 Å². The summed E-state index contributed by atoms with van der Waals surface area (Å²) >= 11 is 0. The van der Waals surface area contributed by atoms with Crippen LogP contribution in [0.3, 0.4) is 0 Å². The fourth-order valence-electron chi connectivity index (χ4n) is 5.06. The van der Waals surface area contributed by atoms with E-state index < -0.39 is 23.0 Å². The van der Waals surface area contributed by atoms with Crippen LogP contribution in [0, 0.1) is 11.8 Å². The molecule has 0 unspecified atom stereocenters. The number of nitrogens with one attached hydrogen (secondary N) is 2. The highest BCUT2D eigenvalue weighted by Crippen LogP contribution is 2.35. The van der Waals surface area contributed by atoms with Gasteiger partial charge in [0.1, 0.15) is 27.1 Å². The largest absolute Gasteiger partial charge is 0.492 e. The number of aromatic nitrogens is 2. The molecule has 35 heavy (non-hydrogen) atoms. The first kappa shape index (κ1) is 23.3. The molecular weight excluding hydrogens is 454 g/mol. The molecule has 3 aromatic rings. The van der Waals surface area contributed by atoms with Crippen molar-refractivity contribution < 1.29 is 18.3 Å². The van der Waals surface area contributed by atoms with Gasteiger partial charge in [0, 0.05) is 45.0 Å². The zero-order valence-corrected chi connectivity index (χ0v) is 19.9. The maximum atomic E-state index is 15.7. The summed E-state index contributed by atoms with van der Waals surface area (Å²) in [6.07, 6.45) is 0.518. The second-order valence-corrected chi connectivity index (χ2v) is 9.33. The van der Waals surface area contributed by atoms with Crippen molar-refractivity contribution in [3.05, 3.63) is 63.2 Å². The van der Waals surface area contributed by atoms with Crippen LogP contribution in [-0.4, -0.2) is 76.3 Å². The first-order valence-electron chi connectivity index (χ1n) is 11.6. The van der Waals surface area contributed by atoms with Gasteiger partial charge in [-0.1, -0.05) is 6.07 Å². The van der Waals surface area contributed by atoms with Crippen LogP contribution in [0.2, 0.25) is 0 Å². The van der Waals surface area contributed by atoms with Crippen molar-refractivity contribution in [3.8, 4) is 5.75 Å². The van der Waals surface area contributed by atoms with Crippen molar-refractivity contribution in [2.45, 2.75) is 11.8 Å². The lowest BCUT2D eigenvalue weighted by atomic mass is 9.56. The lowest BCUT2D eigenvalue weighted by molar-refractivity contribution is 0.0957. The molecule has 2 aliphatic rings. The van der Waals surface area contributed by atoms with Crippen LogP contribution in [0.4, 0.5) is 14.5 Å². The van der Waals surface area contributed by atoms with Gasteiger partial charge in [-0.25, -0.2) is 9.37 Å². The number of H-pyrrole nitrogens is 1. The first-order valence-corrected chi connectivity index (χ1v) is 11.6. The Kier molecular flexibility index (Phi) is 5.79. The summed E-state index contributed by atoms with van der Waals surface area (Å²) in [6, 6.07) is 6.62. The topological polar surface area (TPSA) is 90.6 Å². The molecule has 1 saturated heterocycles. The molecule has 1 amide bonds. The van der Waals surface area contributed by atoms with Crippen molar-refractivity contribution in [1.82, 2.24) is 20.2 Å². The number of benzene rings is 1. The number of rotatable bonds is 4. The van der Waals surface area contributed by atoms with Crippen LogP contribution < -0.4 is 20.5 Å². The van der Waals surface area contributed by atoms with Gasteiger partial charge in [-0.3, -0.25) is 9.59 Å². The Hall–Kier alpha value is -3.40. The number of amides is 1. The Morgan fingerprint density at radius 2 is 1.91 bits per heavy atom. The lowest BCUT2D eigenvalue weighted by Gasteiger charge is -2.45. The third-order valence-electron chi connectivity index (χ3n) is 7.13. The highest BCUT2D eigenvalue weighted by atomic mass is 19.1. The smallest absolute Gasteiger partial charge is 0.269 e. The number of hydrogen-bond donors (Lipinski definition) is 2. The molecule has 12 heteroatoms. The minimum Gasteiger partial charge on any atom is -0.492 e. The molecule has 0 spiro atoms. The van der Waals surface area contributed by atoms with E-state index >= 15 is 4.39 Å². The van der Waals surface area contributed by atoms with Gasteiger partial charge >= 0.3 is 0 Å². The van der Waals surface area contributed by atoms with Crippen molar-refractivity contribution in [2.75, 3.05) is 44.7 Å². The van der Waals surface area contributed by atoms with Crippen LogP contribution in [-0.2, 0) is 11.8 Å². The Labute approximate surface area is 202 Å². The average molecular weight is 479 g/mol. The number of carbonyl (C=O) groups is 1. The van der Waals surface area contributed by atoms with Gasteiger partial charge in [-0.05, 0) is 29.1 Å². The molecule has 2 aliphatic heterocycles. The fraction of sp³-hybridized carbons (Fsp3) is 0.348. The van der Waals surface area contributed by atoms with E-state index in [-0.39, 0.29) is 16.8 Å². The molecule has 0 aliphatic carbocycles. The van der Waals surface area contributed by atoms with E-state index in [1.54, 1.807) is 18.2 Å². The van der Waals surface area contributed by atoms with Crippen LogP contribution in [0.1, 0.15) is 21.6 Å². The summed E-state index contributed by atoms with van der Waals surface area (Å²) in [7, 11) is 5.34. The maximum absolute atomic E-state index is 15.7. The highest BCUT2D eigenvalue weighted by molar-refractivity contribution is 6.39. The number of ether oxygens (including phenoxy) is 1. The Balaban J connectivity index is 1.38. The summed E-state index contributed by atoms with van der Waals surface area (Å²) < 4.78 is 36.0. The molecule has 2 N–H and O–H groups in total. The second-order valence-electron chi connectivity index (χ2n) is 9.33. The molecular formula is C23H25B2F2N5O3. The monoisotopic (exact) mass is 479 g/mol. The molecule has 1 aromatic carbocycles. The van der Waals surface area contributed by atoms with Gasteiger partial charge in [-0.15, -0.1) is 0 Å². The molecule has 2 aromatic heterocycles. The van der Waals surface area contributed by atoms with Crippen molar-refractivity contribution >= 4 is 38.2 Å². The van der Waals surface area contributed by atoms with Gasteiger partial charge in [-0.2, -0.15) is 4.39 Å². The molecule has 0 bridgehead atoms. The summed E-state index contributed by atoms with van der Waals surface area (Å²) in [5.74, 6) is -1.14. The number of fused-ring (bicyclic) bond motifs is 3. The van der Waals surface area contributed by atoms with Crippen LogP contribution in [0.25, 0.3) is 10.9 Å². The second kappa shape index (κ2) is 8.67. The van der Waals surface area contributed by atoms with E-state index in [4.69, 9.17) is 4.74 Å². The van der Waals surface area contributed by atoms with Gasteiger partial charge in [0.25, 0.3) is 11.5 Å². The molecule has 1 fully saturated rings. The summed E-state index contributed by atoms with van der Waals surface area (Å²) in [4.78, 5) is 34.7. The third kappa shape index (κ3) is 3.85. The van der Waals surface area contributed by atoms with E-state index in [2.05, 4.69) is 20.2 Å². The number of pyridine rings is 2. The van der Waals surface area contributed by atoms with E-state index in [0.717, 1.165) is 0 Å². The van der Waals surface area contributed by atoms with Crippen molar-refractivity contribution in [2.24, 2.45) is 0 Å². The van der Waals surface area contributed by atoms with Crippen molar-refractivity contribution in [1.29, 1.82) is 0 Å². The van der Waals surface area contributed by atoms with E-state index in [9.17, 15) is 14.0 Å². The quantitative estimate of drug-likeness (QED) is 0.395. The molecule has 4 heterocycles. The first-order chi connectivity index (χ1) is 16.7. The molecule has 0 atom stereocenters. The van der Waals surface area contributed by atoms with E-state index in [1.165, 1.54) is 13.1 Å². The van der Waals surface area contributed by atoms with Crippen molar-refractivity contribution in [3.63, 3.8) is 0 Å². The molecule has 180 valence electrons. The molecule has 0 radical (unpaired) electrons. The van der Waals surface area contributed by atoms with Gasteiger partial charge in [0.15, 0.2) is 5.82 Å². The van der Waals surface area contributed by atoms with E-state index in [1.807, 2.05) is 20.6 Å². The van der Waals surface area contributed by atoms with Gasteiger partial charge in [0.2, 0.25) is 5.95 Å². The highest BCUT2D eigenvalue weighted by Gasteiger charge is 2.35. The van der Waals surface area contributed by atoms with Crippen LogP contribution in [0.15, 0.2) is 29.1 Å². The van der Waals surface area contributed by atoms with Gasteiger partial charge < -0.3 is 24.8 Å². The zero-order chi connectivity index (χ0) is 24.9. The molecule has 5 rings (SSSR count). The normalized spacial score (nSPS) is 16.3. The molecule has 0 saturated carbocycles. The fourth-order valence-corrected chi connectivity index (χ4v) is 5.06. The van der Waals surface area contributed by atoms with Gasteiger partial charge in [0.05, 0.1) is 23.4 Å². The number of hydrogen-bond acceptors (Lipinski definition) is 6. The number of carbonyl (C=O) groups excluding carboxylic acids is 1. The predicted molar refractivity (Wildman–Crippen MR) is 134 cm³/mol. The third-order valence-corrected chi connectivity index (χ3v) is 7.13. The minimum absolute atomic E-state index is 0.0226. The average Bonchev–Trinajstić information content (AvgIpc) is 3.35. The number of nitrogens with zero attached hydrogens (tertiary/aromatic N) is 3. The number of anilines is 1. The van der Waals surface area contributed by atoms with E-state index in [0.29, 0.717) is 67.2 Å². The number of halogens is 2. The number of piperazine rings is 1. The van der Waals surface area contributed by atoms with Crippen LogP contribution >= 0.6 is 0 Å². The Bertz CT molecular complexity index is 1390. The predicted octanol–water partition coefficient (Wildman–Crippen LogP) is -0.305. The maximum Gasteiger partial charge on any atom is 0.269 e. The number of aromatic amines is 1. The molecule has 8 nitrogen and oxygen atoms in total. The SMILES string of the molecule is BC(B)(c1ccc2c3c(c(=O)[nH]c2c1F)CCO3)N1CCN(c2ccc(C(=O)NC)nc2F)CC1. The summed E-state index contributed by atoms with van der Waals surface area (Å²) in [5.41, 5.74) is 1.22. The Morgan fingerprint density at radius 1 is 1.17 bits per heavy atom. The Morgan fingerprint density at radius 3 is 2.60 bits per heavy atom. The lowest BCUT2D eigenvalue weighted by Crippen LogP contribution is -2.56. The zero-order valence-electron chi connectivity index (χ0n) is 19.9. The summed E-state index contributed by atoms with van der Waals surface area (Å²) in [5, 5.41) is 2.32.